The SMILES string of the molecule is CC(=O)c1ccc(Cl)c(Cl)c1OCC(=O)N[C@@H](C)C1CC1. The maximum Gasteiger partial charge on any atom is 0.258 e. The van der Waals surface area contributed by atoms with Crippen LogP contribution in [0.5, 0.6) is 5.75 Å². The summed E-state index contributed by atoms with van der Waals surface area (Å²) in [5.41, 5.74) is 0.312. The molecule has 0 saturated heterocycles. The number of carbonyl (C=O) groups excluding carboxylic acids is 2. The number of Topliss-reactive ketones (excluding diaryl/α,β-unsaturated/α-hetero) is 1. The first kappa shape index (κ1) is 16.1. The molecule has 21 heavy (non-hydrogen) atoms. The molecule has 0 spiro atoms. The fourth-order valence-corrected chi connectivity index (χ4v) is 2.47. The van der Waals surface area contributed by atoms with Crippen LogP contribution in [0, 0.1) is 5.92 Å². The molecule has 1 aromatic rings. The van der Waals surface area contributed by atoms with Gasteiger partial charge in [0.15, 0.2) is 18.1 Å². The third kappa shape index (κ3) is 4.11. The molecule has 1 aromatic carbocycles. The predicted molar refractivity (Wildman–Crippen MR) is 82.3 cm³/mol. The Balaban J connectivity index is 2.03. The molecule has 0 bridgehead atoms. The largest absolute Gasteiger partial charge is 0.481 e. The zero-order valence-electron chi connectivity index (χ0n) is 11.9. The Morgan fingerprint density at radius 1 is 1.38 bits per heavy atom. The number of ether oxygens (including phenoxy) is 1. The van der Waals surface area contributed by atoms with Gasteiger partial charge in [0.05, 0.1) is 10.6 Å². The molecule has 1 aliphatic rings. The Labute approximate surface area is 133 Å². The van der Waals surface area contributed by atoms with Crippen molar-refractivity contribution in [3.8, 4) is 5.75 Å². The highest BCUT2D eigenvalue weighted by Crippen LogP contribution is 2.35. The van der Waals surface area contributed by atoms with Gasteiger partial charge in [-0.1, -0.05) is 23.2 Å². The Kier molecular flexibility index (Phi) is 5.12. The summed E-state index contributed by atoms with van der Waals surface area (Å²) in [7, 11) is 0. The summed E-state index contributed by atoms with van der Waals surface area (Å²) < 4.78 is 5.42. The van der Waals surface area contributed by atoms with E-state index in [0.717, 1.165) is 12.8 Å². The van der Waals surface area contributed by atoms with Crippen molar-refractivity contribution < 1.29 is 14.3 Å². The van der Waals surface area contributed by atoms with E-state index in [1.165, 1.54) is 19.1 Å². The van der Waals surface area contributed by atoms with Gasteiger partial charge >= 0.3 is 0 Å². The number of hydrogen-bond acceptors (Lipinski definition) is 3. The molecule has 1 aliphatic carbocycles. The van der Waals surface area contributed by atoms with Gasteiger partial charge < -0.3 is 10.1 Å². The van der Waals surface area contributed by atoms with Crippen LogP contribution in [0.3, 0.4) is 0 Å². The van der Waals surface area contributed by atoms with E-state index in [1.807, 2.05) is 6.92 Å². The third-order valence-electron chi connectivity index (χ3n) is 3.49. The number of carbonyl (C=O) groups is 2. The molecule has 1 fully saturated rings. The minimum absolute atomic E-state index is 0.142. The molecule has 0 aromatic heterocycles. The van der Waals surface area contributed by atoms with Gasteiger partial charge in [-0.05, 0) is 44.7 Å². The van der Waals surface area contributed by atoms with Crippen molar-refractivity contribution in [2.24, 2.45) is 5.92 Å². The van der Waals surface area contributed by atoms with E-state index in [0.29, 0.717) is 11.5 Å². The van der Waals surface area contributed by atoms with Crippen LogP contribution in [-0.2, 0) is 4.79 Å². The van der Waals surface area contributed by atoms with Crippen molar-refractivity contribution in [2.75, 3.05) is 6.61 Å². The lowest BCUT2D eigenvalue weighted by atomic mass is 10.1. The number of amides is 1. The number of halogens is 2. The van der Waals surface area contributed by atoms with Crippen LogP contribution in [0.25, 0.3) is 0 Å². The van der Waals surface area contributed by atoms with E-state index < -0.39 is 0 Å². The van der Waals surface area contributed by atoms with Gasteiger partial charge in [-0.15, -0.1) is 0 Å². The standard InChI is InChI=1S/C15H17Cl2NO3/c1-8(10-3-4-10)18-13(20)7-21-15-11(9(2)19)5-6-12(16)14(15)17/h5-6,8,10H,3-4,7H2,1-2H3,(H,18,20)/t8-/m0/s1. The monoisotopic (exact) mass is 329 g/mol. The Morgan fingerprint density at radius 3 is 2.62 bits per heavy atom. The molecule has 2 rings (SSSR count). The summed E-state index contributed by atoms with van der Waals surface area (Å²) >= 11 is 12.0. The number of ketones is 1. The Hall–Kier alpha value is -1.26. The van der Waals surface area contributed by atoms with Crippen LogP contribution in [0.2, 0.25) is 10.0 Å². The zero-order chi connectivity index (χ0) is 15.6. The van der Waals surface area contributed by atoms with Crippen molar-refractivity contribution in [3.05, 3.63) is 27.7 Å². The molecular weight excluding hydrogens is 313 g/mol. The molecule has 0 aliphatic heterocycles. The molecule has 1 atom stereocenters. The van der Waals surface area contributed by atoms with Gasteiger partial charge in [0.1, 0.15) is 5.02 Å². The number of hydrogen-bond donors (Lipinski definition) is 1. The number of rotatable bonds is 6. The molecule has 0 unspecified atom stereocenters. The highest BCUT2D eigenvalue weighted by molar-refractivity contribution is 6.43. The molecule has 1 N–H and O–H groups in total. The number of benzene rings is 1. The normalized spacial score (nSPS) is 15.4. The van der Waals surface area contributed by atoms with E-state index in [-0.39, 0.29) is 40.1 Å². The van der Waals surface area contributed by atoms with Crippen LogP contribution >= 0.6 is 23.2 Å². The minimum Gasteiger partial charge on any atom is -0.481 e. The first-order valence-electron chi connectivity index (χ1n) is 6.81. The molecule has 6 heteroatoms. The molecule has 114 valence electrons. The van der Waals surface area contributed by atoms with Crippen LogP contribution < -0.4 is 10.1 Å². The van der Waals surface area contributed by atoms with Crippen LogP contribution in [-0.4, -0.2) is 24.3 Å². The maximum atomic E-state index is 11.8. The first-order chi connectivity index (χ1) is 9.90. The highest BCUT2D eigenvalue weighted by Gasteiger charge is 2.29. The van der Waals surface area contributed by atoms with Crippen molar-refractivity contribution in [3.63, 3.8) is 0 Å². The van der Waals surface area contributed by atoms with Crippen LogP contribution in [0.1, 0.15) is 37.0 Å². The van der Waals surface area contributed by atoms with E-state index in [1.54, 1.807) is 0 Å². The second-order valence-electron chi connectivity index (χ2n) is 5.28. The molecule has 4 nitrogen and oxygen atoms in total. The third-order valence-corrected chi connectivity index (χ3v) is 4.28. The van der Waals surface area contributed by atoms with Crippen molar-refractivity contribution in [1.29, 1.82) is 0 Å². The molecule has 1 amide bonds. The first-order valence-corrected chi connectivity index (χ1v) is 7.57. The summed E-state index contributed by atoms with van der Waals surface area (Å²) in [6, 6.07) is 3.21. The summed E-state index contributed by atoms with van der Waals surface area (Å²) in [6.45, 7) is 3.18. The van der Waals surface area contributed by atoms with Gasteiger partial charge in [-0.2, -0.15) is 0 Å². The zero-order valence-corrected chi connectivity index (χ0v) is 13.4. The second-order valence-corrected chi connectivity index (χ2v) is 6.06. The van der Waals surface area contributed by atoms with Gasteiger partial charge in [0.25, 0.3) is 5.91 Å². The van der Waals surface area contributed by atoms with Crippen LogP contribution in [0.15, 0.2) is 12.1 Å². The van der Waals surface area contributed by atoms with Gasteiger partial charge in [0, 0.05) is 6.04 Å². The highest BCUT2D eigenvalue weighted by atomic mass is 35.5. The predicted octanol–water partition coefficient (Wildman–Crippen LogP) is 3.49. The van der Waals surface area contributed by atoms with Crippen molar-refractivity contribution in [2.45, 2.75) is 32.7 Å². The number of nitrogens with one attached hydrogen (secondary N) is 1. The molecule has 0 heterocycles. The van der Waals surface area contributed by atoms with E-state index in [9.17, 15) is 9.59 Å². The Bertz CT molecular complexity index is 570. The fraction of sp³-hybridized carbons (Fsp3) is 0.467. The summed E-state index contributed by atoms with van der Waals surface area (Å²) in [5.74, 6) is 0.289. The summed E-state index contributed by atoms with van der Waals surface area (Å²) in [6.07, 6.45) is 2.30. The molecular formula is C15H17Cl2NO3. The van der Waals surface area contributed by atoms with Gasteiger partial charge in [-0.25, -0.2) is 0 Å². The topological polar surface area (TPSA) is 55.4 Å². The second kappa shape index (κ2) is 6.67. The lowest BCUT2D eigenvalue weighted by Gasteiger charge is -2.15. The van der Waals surface area contributed by atoms with Gasteiger partial charge in [0.2, 0.25) is 0 Å². The summed E-state index contributed by atoms with van der Waals surface area (Å²) in [4.78, 5) is 23.4. The molecule has 1 saturated carbocycles. The average molecular weight is 330 g/mol. The van der Waals surface area contributed by atoms with E-state index >= 15 is 0 Å². The molecule has 0 radical (unpaired) electrons. The minimum atomic E-state index is -0.236. The van der Waals surface area contributed by atoms with E-state index in [4.69, 9.17) is 27.9 Å². The van der Waals surface area contributed by atoms with Crippen LogP contribution in [0.4, 0.5) is 0 Å². The van der Waals surface area contributed by atoms with Crippen molar-refractivity contribution >= 4 is 34.9 Å². The Morgan fingerprint density at radius 2 is 2.05 bits per heavy atom. The quantitative estimate of drug-likeness (QED) is 0.813. The van der Waals surface area contributed by atoms with E-state index in [2.05, 4.69) is 5.32 Å². The fourth-order valence-electron chi connectivity index (χ4n) is 2.10. The maximum absolute atomic E-state index is 11.8. The van der Waals surface area contributed by atoms with Gasteiger partial charge in [-0.3, -0.25) is 9.59 Å². The summed E-state index contributed by atoms with van der Waals surface area (Å²) in [5, 5.41) is 3.30. The smallest absolute Gasteiger partial charge is 0.258 e. The lowest BCUT2D eigenvalue weighted by molar-refractivity contribution is -0.123. The van der Waals surface area contributed by atoms with Crippen molar-refractivity contribution in [1.82, 2.24) is 5.32 Å². The lowest BCUT2D eigenvalue weighted by Crippen LogP contribution is -2.37. The average Bonchev–Trinajstić information content (AvgIpc) is 3.24.